The molecule has 10 heteroatoms. The molecule has 0 aromatic heterocycles. The highest BCUT2D eigenvalue weighted by Gasteiger charge is 2.09. The zero-order valence-electron chi connectivity index (χ0n) is 13.1. The molecule has 0 fully saturated rings. The van der Waals surface area contributed by atoms with Crippen molar-refractivity contribution in [2.45, 2.75) is 32.6 Å². The lowest BCUT2D eigenvalue weighted by molar-refractivity contribution is 0.163. The van der Waals surface area contributed by atoms with E-state index in [4.69, 9.17) is 28.5 Å². The second kappa shape index (κ2) is 21.9. The summed E-state index contributed by atoms with van der Waals surface area (Å²) in [6.07, 6.45) is 4.78. The van der Waals surface area contributed by atoms with Gasteiger partial charge in [-0.15, -0.1) is 0 Å². The first-order valence-electron chi connectivity index (χ1n) is 6.25. The Balaban J connectivity index is -0.000000256. The molecule has 0 bridgehead atoms. The van der Waals surface area contributed by atoms with Gasteiger partial charge in [0, 0.05) is 21.3 Å². The molecule has 0 heterocycles. The lowest BCUT2D eigenvalue weighted by Gasteiger charge is -2.02. The number of thiol groups is 1. The minimum atomic E-state index is -1.36. The van der Waals surface area contributed by atoms with Crippen molar-refractivity contribution in [1.82, 2.24) is 0 Å². The Bertz CT molecular complexity index is 237. The Morgan fingerprint density at radius 1 is 1.10 bits per heavy atom. The fourth-order valence-electron chi connectivity index (χ4n) is 0.952. The highest BCUT2D eigenvalue weighted by Crippen LogP contribution is 1.98. The van der Waals surface area contributed by atoms with Gasteiger partial charge in [0.1, 0.15) is 0 Å². The largest absolute Gasteiger partial charge is 0.576 e. The van der Waals surface area contributed by atoms with E-state index in [-0.39, 0.29) is 5.17 Å². The van der Waals surface area contributed by atoms with Crippen molar-refractivity contribution in [1.29, 1.82) is 0 Å². The molecule has 0 rings (SSSR count). The number of amides is 1. The van der Waals surface area contributed by atoms with Crippen LogP contribution in [0.15, 0.2) is 0 Å². The van der Waals surface area contributed by atoms with Crippen LogP contribution in [0.25, 0.3) is 0 Å². The van der Waals surface area contributed by atoms with Crippen molar-refractivity contribution in [2.75, 3.05) is 27.9 Å². The number of carbonyl (C=O) groups excluding carboxylic acids is 1. The van der Waals surface area contributed by atoms with Crippen LogP contribution in [0.5, 0.6) is 0 Å². The molecule has 0 saturated heterocycles. The van der Waals surface area contributed by atoms with Crippen LogP contribution in [0.1, 0.15) is 32.6 Å². The molecular formula is C11H27N2O5S2Si. The maximum atomic E-state index is 9.09. The molecule has 0 unspecified atom stereocenters. The van der Waals surface area contributed by atoms with Crippen LogP contribution < -0.4 is 11.5 Å². The zero-order chi connectivity index (χ0) is 17.1. The van der Waals surface area contributed by atoms with Crippen LogP contribution in [0.3, 0.4) is 0 Å². The summed E-state index contributed by atoms with van der Waals surface area (Å²) < 4.78 is 19.0. The molecule has 127 valence electrons. The lowest BCUT2D eigenvalue weighted by Crippen LogP contribution is -2.21. The van der Waals surface area contributed by atoms with Crippen molar-refractivity contribution in [3.05, 3.63) is 0 Å². The number of hydrogen-bond donors (Lipinski definition) is 3. The molecular weight excluding hydrogens is 332 g/mol. The first-order chi connectivity index (χ1) is 9.85. The van der Waals surface area contributed by atoms with Gasteiger partial charge in [-0.2, -0.15) is 0 Å². The second-order valence-electron chi connectivity index (χ2n) is 3.43. The van der Waals surface area contributed by atoms with Gasteiger partial charge in [-0.3, -0.25) is 4.79 Å². The van der Waals surface area contributed by atoms with Crippen molar-refractivity contribution in [3.63, 3.8) is 0 Å². The second-order valence-corrected chi connectivity index (χ2v) is 6.00. The maximum absolute atomic E-state index is 9.09. The van der Waals surface area contributed by atoms with Gasteiger partial charge in [-0.25, -0.2) is 0 Å². The maximum Gasteiger partial charge on any atom is 0.576 e. The number of nitrogens with two attached hydrogens (primary N) is 2. The molecule has 0 aliphatic heterocycles. The quantitative estimate of drug-likeness (QED) is 0.262. The molecule has 0 atom stereocenters. The Hall–Kier alpha value is -0.393. The van der Waals surface area contributed by atoms with Crippen LogP contribution in [-0.2, 0) is 18.0 Å². The number of thiocarbonyl (C=S) groups is 1. The summed E-state index contributed by atoms with van der Waals surface area (Å²) in [5, 5.41) is -0.475. The fourth-order valence-corrected chi connectivity index (χ4v) is 1.53. The minimum absolute atomic E-state index is 0.163. The van der Waals surface area contributed by atoms with E-state index in [1.54, 1.807) is 21.3 Å². The molecule has 0 aromatic carbocycles. The summed E-state index contributed by atoms with van der Waals surface area (Å²) in [4.78, 5) is 9.09. The first kappa shape index (κ1) is 25.6. The Morgan fingerprint density at radius 2 is 1.52 bits per heavy atom. The molecule has 1 amide bonds. The summed E-state index contributed by atoms with van der Waals surface area (Å²) in [6.45, 7) is 2.85. The molecule has 4 N–H and O–H groups in total. The predicted molar refractivity (Wildman–Crippen MR) is 92.2 cm³/mol. The third-order valence-electron chi connectivity index (χ3n) is 1.74. The van der Waals surface area contributed by atoms with Gasteiger partial charge in [0.2, 0.25) is 0 Å². The van der Waals surface area contributed by atoms with Gasteiger partial charge in [-0.05, 0) is 18.6 Å². The predicted octanol–water partition coefficient (Wildman–Crippen LogP) is 1.73. The van der Waals surface area contributed by atoms with E-state index >= 15 is 0 Å². The summed E-state index contributed by atoms with van der Waals surface area (Å²) in [6, 6.07) is 0. The zero-order valence-corrected chi connectivity index (χ0v) is 15.8. The smallest absolute Gasteiger partial charge is 0.471 e. The molecule has 0 aromatic rings. The SMILES string of the molecule is CCCCCCOC(N)=S.CO[Si](OC)OC.NC(=O)S. The number of unbranched alkanes of at least 4 members (excludes halogenated alkanes) is 3. The molecule has 0 saturated carbocycles. The Labute approximate surface area is 140 Å². The standard InChI is InChI=1S/C7H15NOS.C3H9O3Si.CH3NOS/c1-2-3-4-5-6-9-7(8)10;1-4-7(5-2)6-3;2-1(3)4/h2-6H2,1H3,(H2,8,10);1-3H3;(H3,2,3,4). The van der Waals surface area contributed by atoms with Gasteiger partial charge < -0.3 is 29.5 Å². The summed E-state index contributed by atoms with van der Waals surface area (Å²) in [7, 11) is 3.31. The van der Waals surface area contributed by atoms with E-state index < -0.39 is 14.8 Å². The fraction of sp³-hybridized carbons (Fsp3) is 0.818. The number of rotatable bonds is 8. The van der Waals surface area contributed by atoms with E-state index in [1.165, 1.54) is 19.3 Å². The number of primary amides is 1. The Morgan fingerprint density at radius 3 is 1.76 bits per heavy atom. The van der Waals surface area contributed by atoms with Crippen molar-refractivity contribution < 1.29 is 22.8 Å². The third-order valence-corrected chi connectivity index (χ3v) is 2.86. The number of ether oxygens (including phenoxy) is 1. The van der Waals surface area contributed by atoms with Crippen LogP contribution in [0, 0.1) is 0 Å². The molecule has 0 spiro atoms. The first-order valence-corrected chi connectivity index (χ1v) is 8.33. The average molecular weight is 360 g/mol. The van der Waals surface area contributed by atoms with Gasteiger partial charge in [0.25, 0.3) is 10.4 Å². The Kier molecular flexibility index (Phi) is 26.6. The van der Waals surface area contributed by atoms with Crippen LogP contribution in [0.2, 0.25) is 0 Å². The lowest BCUT2D eigenvalue weighted by atomic mass is 10.2. The highest BCUT2D eigenvalue weighted by molar-refractivity contribution is 7.96. The molecule has 0 aliphatic rings. The van der Waals surface area contributed by atoms with Crippen LogP contribution in [-0.4, -0.2) is 47.9 Å². The van der Waals surface area contributed by atoms with Crippen molar-refractivity contribution in [3.8, 4) is 0 Å². The van der Waals surface area contributed by atoms with Crippen LogP contribution in [0.4, 0.5) is 4.79 Å². The summed E-state index contributed by atoms with van der Waals surface area (Å²) >= 11 is 7.63. The van der Waals surface area contributed by atoms with Gasteiger partial charge >= 0.3 is 9.53 Å². The van der Waals surface area contributed by atoms with Crippen molar-refractivity contribution >= 4 is 44.8 Å². The van der Waals surface area contributed by atoms with E-state index in [1.807, 2.05) is 0 Å². The molecule has 1 radical (unpaired) electrons. The van der Waals surface area contributed by atoms with Gasteiger partial charge in [-0.1, -0.05) is 38.8 Å². The normalized spacial score (nSPS) is 9.05. The molecule has 0 aliphatic carbocycles. The van der Waals surface area contributed by atoms with E-state index in [9.17, 15) is 0 Å². The summed E-state index contributed by atoms with van der Waals surface area (Å²) in [5.74, 6) is 0. The minimum Gasteiger partial charge on any atom is -0.471 e. The van der Waals surface area contributed by atoms with Gasteiger partial charge in [0.05, 0.1) is 6.61 Å². The van der Waals surface area contributed by atoms with E-state index in [2.05, 4.69) is 37.5 Å². The van der Waals surface area contributed by atoms with E-state index in [0.717, 1.165) is 6.42 Å². The highest BCUT2D eigenvalue weighted by atomic mass is 32.1. The van der Waals surface area contributed by atoms with E-state index in [0.29, 0.717) is 6.61 Å². The van der Waals surface area contributed by atoms with Crippen molar-refractivity contribution in [2.24, 2.45) is 11.5 Å². The average Bonchev–Trinajstić information content (AvgIpc) is 2.40. The summed E-state index contributed by atoms with van der Waals surface area (Å²) in [5.41, 5.74) is 9.45. The topological polar surface area (TPSA) is 106 Å². The molecule has 21 heavy (non-hydrogen) atoms. The third kappa shape index (κ3) is 38.2. The number of carbonyl (C=O) groups is 1. The molecule has 7 nitrogen and oxygen atoms in total. The number of hydrogen-bond acceptors (Lipinski definition) is 6. The van der Waals surface area contributed by atoms with Gasteiger partial charge in [0.15, 0.2) is 0 Å². The van der Waals surface area contributed by atoms with Crippen LogP contribution >= 0.6 is 24.8 Å². The monoisotopic (exact) mass is 359 g/mol.